The molecule has 0 saturated carbocycles. The first-order valence-corrected chi connectivity index (χ1v) is 8.38. The highest BCUT2D eigenvalue weighted by Gasteiger charge is 2.14. The van der Waals surface area contributed by atoms with Gasteiger partial charge in [0, 0.05) is 4.90 Å². The van der Waals surface area contributed by atoms with Crippen LogP contribution in [0.4, 0.5) is 0 Å². The predicted octanol–water partition coefficient (Wildman–Crippen LogP) is 5.82. The van der Waals surface area contributed by atoms with Crippen molar-refractivity contribution >= 4 is 17.5 Å². The van der Waals surface area contributed by atoms with Gasteiger partial charge in [0.1, 0.15) is 5.78 Å². The van der Waals surface area contributed by atoms with Crippen LogP contribution >= 0.6 is 11.8 Å². The van der Waals surface area contributed by atoms with E-state index in [4.69, 9.17) is 0 Å². The second-order valence-corrected chi connectivity index (χ2v) is 6.91. The van der Waals surface area contributed by atoms with Gasteiger partial charge in [-0.3, -0.25) is 4.79 Å². The lowest BCUT2D eigenvalue weighted by Gasteiger charge is -2.12. The number of Topliss-reactive ketones (excluding diaryl/α,β-unsaturated/α-hetero) is 1. The Morgan fingerprint density at radius 2 is 1.76 bits per heavy atom. The van der Waals surface area contributed by atoms with Crippen molar-refractivity contribution in [3.05, 3.63) is 53.6 Å². The normalized spacial score (nSPS) is 12.9. The molecular formula is C19H26OS. The zero-order valence-electron chi connectivity index (χ0n) is 13.6. The topological polar surface area (TPSA) is 17.1 Å². The molecule has 0 radical (unpaired) electrons. The Morgan fingerprint density at radius 3 is 2.33 bits per heavy atom. The van der Waals surface area contributed by atoms with E-state index < -0.39 is 0 Å². The monoisotopic (exact) mass is 302 g/mol. The molecule has 0 heterocycles. The van der Waals surface area contributed by atoms with Gasteiger partial charge in [0.25, 0.3) is 0 Å². The number of benzene rings is 1. The Morgan fingerprint density at radius 1 is 1.10 bits per heavy atom. The Hall–Kier alpha value is -1.28. The van der Waals surface area contributed by atoms with Crippen molar-refractivity contribution in [2.75, 3.05) is 0 Å². The van der Waals surface area contributed by atoms with Crippen molar-refractivity contribution in [1.82, 2.24) is 0 Å². The standard InChI is InChI=1S/C19H26OS/c1-15(2)9-8-10-16(3)13-14-19(17(4)20)21-18-11-6-5-7-12-18/h5-7,9,11-13,19H,8,10,14H2,1-4H3/b16-13+. The molecule has 0 aliphatic carbocycles. The van der Waals surface area contributed by atoms with Gasteiger partial charge < -0.3 is 0 Å². The molecule has 0 aliphatic rings. The van der Waals surface area contributed by atoms with E-state index in [-0.39, 0.29) is 11.0 Å². The molecule has 1 atom stereocenters. The van der Waals surface area contributed by atoms with Crippen LogP contribution in [0, 0.1) is 0 Å². The minimum absolute atomic E-state index is 0.0193. The first-order valence-electron chi connectivity index (χ1n) is 7.50. The van der Waals surface area contributed by atoms with Crippen molar-refractivity contribution in [3.8, 4) is 0 Å². The molecule has 1 aromatic rings. The zero-order chi connectivity index (χ0) is 15.7. The Bertz CT molecular complexity index is 496. The molecule has 1 aromatic carbocycles. The minimum atomic E-state index is 0.0193. The number of hydrogen-bond acceptors (Lipinski definition) is 2. The lowest BCUT2D eigenvalue weighted by molar-refractivity contribution is -0.116. The number of ketones is 1. The highest BCUT2D eigenvalue weighted by molar-refractivity contribution is 8.00. The summed E-state index contributed by atoms with van der Waals surface area (Å²) in [5.74, 6) is 0.247. The molecule has 1 unspecified atom stereocenters. The summed E-state index contributed by atoms with van der Waals surface area (Å²) >= 11 is 1.66. The molecule has 0 saturated heterocycles. The summed E-state index contributed by atoms with van der Waals surface area (Å²) in [4.78, 5) is 13.0. The molecule has 0 aliphatic heterocycles. The maximum atomic E-state index is 11.8. The van der Waals surface area contributed by atoms with Crippen molar-refractivity contribution in [2.45, 2.75) is 57.1 Å². The first kappa shape index (κ1) is 17.8. The number of carbonyl (C=O) groups excluding carboxylic acids is 1. The van der Waals surface area contributed by atoms with E-state index in [1.54, 1.807) is 18.7 Å². The van der Waals surface area contributed by atoms with Gasteiger partial charge in [-0.25, -0.2) is 0 Å². The summed E-state index contributed by atoms with van der Waals surface area (Å²) in [7, 11) is 0. The van der Waals surface area contributed by atoms with Gasteiger partial charge in [-0.1, -0.05) is 41.5 Å². The van der Waals surface area contributed by atoms with Crippen LogP contribution in [0.1, 0.15) is 47.0 Å². The highest BCUT2D eigenvalue weighted by atomic mass is 32.2. The van der Waals surface area contributed by atoms with Gasteiger partial charge in [-0.2, -0.15) is 0 Å². The van der Waals surface area contributed by atoms with Crippen molar-refractivity contribution in [2.24, 2.45) is 0 Å². The van der Waals surface area contributed by atoms with Gasteiger partial charge in [0.15, 0.2) is 0 Å². The fraction of sp³-hybridized carbons (Fsp3) is 0.421. The van der Waals surface area contributed by atoms with Crippen LogP contribution in [0.15, 0.2) is 58.5 Å². The van der Waals surface area contributed by atoms with Crippen LogP contribution in [0.25, 0.3) is 0 Å². The number of thioether (sulfide) groups is 1. The lowest BCUT2D eigenvalue weighted by atomic mass is 10.1. The summed E-state index contributed by atoms with van der Waals surface area (Å²) in [6.45, 7) is 8.10. The van der Waals surface area contributed by atoms with Gasteiger partial charge in [0.05, 0.1) is 5.25 Å². The van der Waals surface area contributed by atoms with Crippen LogP contribution in [-0.4, -0.2) is 11.0 Å². The molecule has 114 valence electrons. The molecule has 2 heteroatoms. The maximum Gasteiger partial charge on any atom is 0.143 e. The summed E-state index contributed by atoms with van der Waals surface area (Å²) < 4.78 is 0. The molecule has 21 heavy (non-hydrogen) atoms. The summed E-state index contributed by atoms with van der Waals surface area (Å²) in [6.07, 6.45) is 7.46. The third kappa shape index (κ3) is 7.91. The van der Waals surface area contributed by atoms with Crippen LogP contribution in [0.5, 0.6) is 0 Å². The smallest absolute Gasteiger partial charge is 0.143 e. The first-order chi connectivity index (χ1) is 9.99. The summed E-state index contributed by atoms with van der Waals surface area (Å²) in [6, 6.07) is 10.2. The lowest BCUT2D eigenvalue weighted by Crippen LogP contribution is -2.12. The minimum Gasteiger partial charge on any atom is -0.299 e. The van der Waals surface area contributed by atoms with Gasteiger partial charge in [0.2, 0.25) is 0 Å². The molecule has 0 amide bonds. The number of carbonyl (C=O) groups is 1. The second-order valence-electron chi connectivity index (χ2n) is 5.64. The van der Waals surface area contributed by atoms with Crippen LogP contribution in [0.2, 0.25) is 0 Å². The zero-order valence-corrected chi connectivity index (χ0v) is 14.4. The van der Waals surface area contributed by atoms with Crippen molar-refractivity contribution in [1.29, 1.82) is 0 Å². The molecule has 0 bridgehead atoms. The maximum absolute atomic E-state index is 11.8. The van der Waals surface area contributed by atoms with E-state index >= 15 is 0 Å². The summed E-state index contributed by atoms with van der Waals surface area (Å²) in [5, 5.41) is 0.0193. The van der Waals surface area contributed by atoms with E-state index in [1.165, 1.54) is 11.1 Å². The molecular weight excluding hydrogens is 276 g/mol. The number of rotatable bonds is 8. The Balaban J connectivity index is 2.54. The van der Waals surface area contributed by atoms with E-state index in [1.807, 2.05) is 18.2 Å². The third-order valence-corrected chi connectivity index (χ3v) is 4.60. The predicted molar refractivity (Wildman–Crippen MR) is 93.8 cm³/mol. The fourth-order valence-electron chi connectivity index (χ4n) is 1.96. The number of hydrogen-bond donors (Lipinski definition) is 0. The molecule has 0 N–H and O–H groups in total. The molecule has 1 rings (SSSR count). The van der Waals surface area contributed by atoms with Crippen LogP contribution < -0.4 is 0 Å². The highest BCUT2D eigenvalue weighted by Crippen LogP contribution is 2.26. The van der Waals surface area contributed by atoms with Crippen LogP contribution in [0.3, 0.4) is 0 Å². The van der Waals surface area contributed by atoms with Gasteiger partial charge in [-0.05, 0) is 59.1 Å². The van der Waals surface area contributed by atoms with E-state index in [0.29, 0.717) is 0 Å². The molecule has 0 spiro atoms. The molecule has 0 fully saturated rings. The summed E-state index contributed by atoms with van der Waals surface area (Å²) in [5.41, 5.74) is 2.73. The molecule has 0 aromatic heterocycles. The SMILES string of the molecule is CC(=O)C(C/C=C(\C)CCC=C(C)C)Sc1ccccc1. The Kier molecular flexibility index (Phi) is 8.14. The van der Waals surface area contributed by atoms with Crippen LogP contribution in [-0.2, 0) is 4.79 Å². The average molecular weight is 302 g/mol. The quantitative estimate of drug-likeness (QED) is 0.444. The third-order valence-electron chi connectivity index (χ3n) is 3.25. The van der Waals surface area contributed by atoms with E-state index in [2.05, 4.69) is 45.1 Å². The second kappa shape index (κ2) is 9.62. The number of allylic oxidation sites excluding steroid dienone is 4. The van der Waals surface area contributed by atoms with E-state index in [9.17, 15) is 4.79 Å². The van der Waals surface area contributed by atoms with Crippen molar-refractivity contribution in [3.63, 3.8) is 0 Å². The van der Waals surface area contributed by atoms with Crippen molar-refractivity contribution < 1.29 is 4.79 Å². The average Bonchev–Trinajstić information content (AvgIpc) is 2.43. The fourth-order valence-corrected chi connectivity index (χ4v) is 2.96. The van der Waals surface area contributed by atoms with Gasteiger partial charge >= 0.3 is 0 Å². The van der Waals surface area contributed by atoms with E-state index in [0.717, 1.165) is 24.2 Å². The Labute approximate surface area is 133 Å². The largest absolute Gasteiger partial charge is 0.299 e. The molecule has 1 nitrogen and oxygen atoms in total. The van der Waals surface area contributed by atoms with Gasteiger partial charge in [-0.15, -0.1) is 11.8 Å².